The Morgan fingerprint density at radius 2 is 1.83 bits per heavy atom. The Morgan fingerprint density at radius 3 is 2.59 bits per heavy atom. The quantitative estimate of drug-likeness (QED) is 0.711. The van der Waals surface area contributed by atoms with Gasteiger partial charge in [-0.1, -0.05) is 18.2 Å². The number of benzene rings is 2. The van der Waals surface area contributed by atoms with Crippen LogP contribution in [0.5, 0.6) is 17.4 Å². The standard InChI is InChI=1S/C22H23N3O4/c1-27-18-11-16(12-19(13-18)28-2)23-22(26)25-10-9-17(14-25)29-21-8-7-15-5-3-4-6-20(15)24-21/h3-8,11-13,17H,9-10,14H2,1-2H3,(H,23,26). The van der Waals surface area contributed by atoms with Gasteiger partial charge in [0, 0.05) is 48.3 Å². The molecule has 0 radical (unpaired) electrons. The lowest BCUT2D eigenvalue weighted by molar-refractivity contribution is 0.190. The summed E-state index contributed by atoms with van der Waals surface area (Å²) in [6.45, 7) is 1.12. The molecule has 1 atom stereocenters. The summed E-state index contributed by atoms with van der Waals surface area (Å²) in [5, 5.41) is 3.97. The molecule has 1 N–H and O–H groups in total. The summed E-state index contributed by atoms with van der Waals surface area (Å²) in [5.74, 6) is 1.81. The second-order valence-corrected chi connectivity index (χ2v) is 6.85. The second-order valence-electron chi connectivity index (χ2n) is 6.85. The lowest BCUT2D eigenvalue weighted by Gasteiger charge is -2.18. The van der Waals surface area contributed by atoms with Crippen LogP contribution in [0.3, 0.4) is 0 Å². The van der Waals surface area contributed by atoms with Crippen LogP contribution in [0.15, 0.2) is 54.6 Å². The number of nitrogens with zero attached hydrogens (tertiary/aromatic N) is 2. The summed E-state index contributed by atoms with van der Waals surface area (Å²) in [6, 6.07) is 16.8. The van der Waals surface area contributed by atoms with Gasteiger partial charge < -0.3 is 24.4 Å². The van der Waals surface area contributed by atoms with E-state index >= 15 is 0 Å². The van der Waals surface area contributed by atoms with Crippen molar-refractivity contribution in [3.05, 3.63) is 54.6 Å². The summed E-state index contributed by atoms with van der Waals surface area (Å²) in [7, 11) is 3.15. The van der Waals surface area contributed by atoms with Gasteiger partial charge in [0.25, 0.3) is 0 Å². The molecule has 1 aromatic heterocycles. The summed E-state index contributed by atoms with van der Waals surface area (Å²) >= 11 is 0. The summed E-state index contributed by atoms with van der Waals surface area (Å²) in [4.78, 5) is 18.9. The third-order valence-corrected chi connectivity index (χ3v) is 4.90. The fourth-order valence-corrected chi connectivity index (χ4v) is 3.37. The Labute approximate surface area is 169 Å². The molecule has 2 heterocycles. The molecule has 1 unspecified atom stereocenters. The number of hydrogen-bond donors (Lipinski definition) is 1. The van der Waals surface area contributed by atoms with Gasteiger partial charge in [0.1, 0.15) is 17.6 Å². The highest BCUT2D eigenvalue weighted by Crippen LogP contribution is 2.26. The SMILES string of the molecule is COc1cc(NC(=O)N2CCC(Oc3ccc4ccccc4n3)C2)cc(OC)c1. The number of amides is 2. The van der Waals surface area contributed by atoms with Gasteiger partial charge in [0.15, 0.2) is 0 Å². The van der Waals surface area contributed by atoms with Crippen molar-refractivity contribution < 1.29 is 19.0 Å². The number of carbonyl (C=O) groups is 1. The molecule has 150 valence electrons. The van der Waals surface area contributed by atoms with Gasteiger partial charge in [0.05, 0.1) is 26.3 Å². The second kappa shape index (κ2) is 8.26. The summed E-state index contributed by atoms with van der Waals surface area (Å²) < 4.78 is 16.5. The number of para-hydroxylation sites is 1. The van der Waals surface area contributed by atoms with E-state index in [1.54, 1.807) is 37.3 Å². The van der Waals surface area contributed by atoms with Crippen LogP contribution >= 0.6 is 0 Å². The van der Waals surface area contributed by atoms with Crippen molar-refractivity contribution in [2.75, 3.05) is 32.6 Å². The minimum Gasteiger partial charge on any atom is -0.497 e. The normalized spacial score (nSPS) is 15.9. The number of nitrogens with one attached hydrogen (secondary N) is 1. The van der Waals surface area contributed by atoms with E-state index < -0.39 is 0 Å². The number of fused-ring (bicyclic) bond motifs is 1. The number of pyridine rings is 1. The fourth-order valence-electron chi connectivity index (χ4n) is 3.37. The summed E-state index contributed by atoms with van der Waals surface area (Å²) in [5.41, 5.74) is 1.51. The maximum Gasteiger partial charge on any atom is 0.321 e. The maximum atomic E-state index is 12.6. The van der Waals surface area contributed by atoms with E-state index in [0.29, 0.717) is 36.2 Å². The van der Waals surface area contributed by atoms with E-state index in [-0.39, 0.29) is 12.1 Å². The van der Waals surface area contributed by atoms with E-state index in [1.807, 2.05) is 36.4 Å². The maximum absolute atomic E-state index is 12.6. The van der Waals surface area contributed by atoms with Crippen molar-refractivity contribution in [3.8, 4) is 17.4 Å². The van der Waals surface area contributed by atoms with Crippen molar-refractivity contribution in [2.24, 2.45) is 0 Å². The predicted octanol–water partition coefficient (Wildman–Crippen LogP) is 3.94. The molecule has 1 fully saturated rings. The number of carbonyl (C=O) groups excluding carboxylic acids is 1. The largest absolute Gasteiger partial charge is 0.497 e. The molecule has 1 saturated heterocycles. The number of hydrogen-bond acceptors (Lipinski definition) is 5. The van der Waals surface area contributed by atoms with Gasteiger partial charge >= 0.3 is 6.03 Å². The molecule has 0 spiro atoms. The van der Waals surface area contributed by atoms with Gasteiger partial charge in [-0.15, -0.1) is 0 Å². The number of rotatable bonds is 5. The first-order valence-electron chi connectivity index (χ1n) is 9.46. The van der Waals surface area contributed by atoms with E-state index in [4.69, 9.17) is 14.2 Å². The molecule has 7 heteroatoms. The highest BCUT2D eigenvalue weighted by molar-refractivity contribution is 5.90. The number of aromatic nitrogens is 1. The van der Waals surface area contributed by atoms with Crippen molar-refractivity contribution >= 4 is 22.6 Å². The lowest BCUT2D eigenvalue weighted by Crippen LogP contribution is -2.34. The topological polar surface area (TPSA) is 72.9 Å². The van der Waals surface area contributed by atoms with E-state index in [9.17, 15) is 4.79 Å². The Hall–Kier alpha value is -3.48. The zero-order valence-electron chi connectivity index (χ0n) is 16.4. The number of urea groups is 1. The molecule has 7 nitrogen and oxygen atoms in total. The zero-order chi connectivity index (χ0) is 20.2. The minimum atomic E-state index is -0.183. The minimum absolute atomic E-state index is 0.0887. The first-order valence-corrected chi connectivity index (χ1v) is 9.46. The van der Waals surface area contributed by atoms with Crippen molar-refractivity contribution in [3.63, 3.8) is 0 Å². The first-order chi connectivity index (χ1) is 14.1. The highest BCUT2D eigenvalue weighted by atomic mass is 16.5. The molecule has 0 aliphatic carbocycles. The van der Waals surface area contributed by atoms with Crippen LogP contribution in [0.1, 0.15) is 6.42 Å². The molecular formula is C22H23N3O4. The molecular weight excluding hydrogens is 370 g/mol. The zero-order valence-corrected chi connectivity index (χ0v) is 16.4. The Bertz CT molecular complexity index is 1000. The number of ether oxygens (including phenoxy) is 3. The van der Waals surface area contributed by atoms with Crippen molar-refractivity contribution in [2.45, 2.75) is 12.5 Å². The molecule has 29 heavy (non-hydrogen) atoms. The molecule has 0 bridgehead atoms. The predicted molar refractivity (Wildman–Crippen MR) is 111 cm³/mol. The molecule has 1 aliphatic rings. The Kier molecular flexibility index (Phi) is 5.37. The molecule has 1 aliphatic heterocycles. The average molecular weight is 393 g/mol. The molecule has 4 rings (SSSR count). The lowest BCUT2D eigenvalue weighted by atomic mass is 10.2. The average Bonchev–Trinajstić information content (AvgIpc) is 3.22. The number of likely N-dealkylation sites (tertiary alicyclic amines) is 1. The van der Waals surface area contributed by atoms with Crippen LogP contribution in [-0.2, 0) is 0 Å². The van der Waals surface area contributed by atoms with Crippen LogP contribution in [-0.4, -0.2) is 49.3 Å². The van der Waals surface area contributed by atoms with Crippen LogP contribution in [0, 0.1) is 0 Å². The fraction of sp³-hybridized carbons (Fsp3) is 0.273. The molecule has 2 aromatic carbocycles. The van der Waals surface area contributed by atoms with Gasteiger partial charge in [-0.2, -0.15) is 0 Å². The summed E-state index contributed by atoms with van der Waals surface area (Å²) in [6.07, 6.45) is 0.665. The van der Waals surface area contributed by atoms with Gasteiger partial charge in [-0.3, -0.25) is 0 Å². The van der Waals surface area contributed by atoms with Gasteiger partial charge in [-0.25, -0.2) is 9.78 Å². The molecule has 2 amide bonds. The highest BCUT2D eigenvalue weighted by Gasteiger charge is 2.28. The van der Waals surface area contributed by atoms with Crippen LogP contribution < -0.4 is 19.5 Å². The van der Waals surface area contributed by atoms with Crippen LogP contribution in [0.2, 0.25) is 0 Å². The monoisotopic (exact) mass is 393 g/mol. The van der Waals surface area contributed by atoms with Crippen LogP contribution in [0.25, 0.3) is 10.9 Å². The molecule has 0 saturated carbocycles. The third kappa shape index (κ3) is 4.34. The van der Waals surface area contributed by atoms with Gasteiger partial charge in [-0.05, 0) is 12.1 Å². The number of anilines is 1. The van der Waals surface area contributed by atoms with E-state index in [1.165, 1.54) is 0 Å². The van der Waals surface area contributed by atoms with Crippen molar-refractivity contribution in [1.82, 2.24) is 9.88 Å². The van der Waals surface area contributed by atoms with Gasteiger partial charge in [0.2, 0.25) is 5.88 Å². The molecule has 3 aromatic rings. The Morgan fingerprint density at radius 1 is 1.07 bits per heavy atom. The van der Waals surface area contributed by atoms with Crippen molar-refractivity contribution in [1.29, 1.82) is 0 Å². The third-order valence-electron chi connectivity index (χ3n) is 4.90. The first kappa shape index (κ1) is 18.9. The number of methoxy groups -OCH3 is 2. The smallest absolute Gasteiger partial charge is 0.321 e. The van der Waals surface area contributed by atoms with E-state index in [2.05, 4.69) is 10.3 Å². The van der Waals surface area contributed by atoms with Crippen LogP contribution in [0.4, 0.5) is 10.5 Å². The van der Waals surface area contributed by atoms with E-state index in [0.717, 1.165) is 17.3 Å². The Balaban J connectivity index is 1.38.